The number of anilines is 1. The maximum Gasteiger partial charge on any atom is 0.264 e. The van der Waals surface area contributed by atoms with Gasteiger partial charge in [-0.15, -0.1) is 0 Å². The van der Waals surface area contributed by atoms with E-state index in [1.165, 1.54) is 6.07 Å². The van der Waals surface area contributed by atoms with E-state index in [2.05, 4.69) is 22.9 Å². The van der Waals surface area contributed by atoms with Crippen molar-refractivity contribution in [3.05, 3.63) is 119 Å². The summed E-state index contributed by atoms with van der Waals surface area (Å²) in [5.41, 5.74) is 5.58. The van der Waals surface area contributed by atoms with E-state index in [0.29, 0.717) is 11.4 Å². The molecule has 4 aromatic carbocycles. The van der Waals surface area contributed by atoms with Crippen molar-refractivity contribution in [2.24, 2.45) is 0 Å². The Morgan fingerprint density at radius 1 is 0.827 bits per heavy atom. The van der Waals surface area contributed by atoms with Crippen LogP contribution in [0.1, 0.15) is 70.0 Å². The molecule has 266 valence electrons. The minimum absolute atomic E-state index is 0.0324. The van der Waals surface area contributed by atoms with Crippen LogP contribution in [0.4, 0.5) is 5.69 Å². The van der Waals surface area contributed by atoms with Crippen LogP contribution < -0.4 is 20.7 Å². The molecule has 0 aliphatic carbocycles. The van der Waals surface area contributed by atoms with Crippen LogP contribution in [0, 0.1) is 0 Å². The molecule has 5 amide bonds. The van der Waals surface area contributed by atoms with Gasteiger partial charge in [-0.25, -0.2) is 0 Å². The molecule has 2 aliphatic heterocycles. The second-order valence-electron chi connectivity index (χ2n) is 12.4. The van der Waals surface area contributed by atoms with Crippen LogP contribution in [-0.2, 0) is 14.4 Å². The van der Waals surface area contributed by atoms with Gasteiger partial charge in [0.05, 0.1) is 17.7 Å². The molecule has 1 unspecified atom stereocenters. The molecule has 0 saturated carbocycles. The number of carbonyl (C=O) groups is 5. The first-order chi connectivity index (χ1) is 25.1. The highest BCUT2D eigenvalue weighted by Crippen LogP contribution is 2.36. The number of nitrogens with one attached hydrogen (secondary N) is 3. The Balaban J connectivity index is 1.02. The van der Waals surface area contributed by atoms with Crippen LogP contribution in [0.3, 0.4) is 0 Å². The SMILES string of the molecule is CCC(=C(c1ccc(O)cc1)c1ccc(OCCNC(=O)CCNc2cccc3c2C(=O)N(C2CCC(=O)NC2=O)C3=O)cc1)c1ccc(O)cc1. The first-order valence-electron chi connectivity index (χ1n) is 17.0. The summed E-state index contributed by atoms with van der Waals surface area (Å²) in [4.78, 5) is 63.7. The number of allylic oxidation sites excluding steroid dienone is 1. The van der Waals surface area contributed by atoms with E-state index in [1.807, 2.05) is 48.5 Å². The number of ether oxygens (including phenoxy) is 1. The highest BCUT2D eigenvalue weighted by molar-refractivity contribution is 6.25. The van der Waals surface area contributed by atoms with Crippen LogP contribution in [0.2, 0.25) is 0 Å². The Labute approximate surface area is 300 Å². The largest absolute Gasteiger partial charge is 0.508 e. The average Bonchev–Trinajstić information content (AvgIpc) is 3.39. The average molecular weight is 703 g/mol. The van der Waals surface area contributed by atoms with E-state index in [1.54, 1.807) is 36.4 Å². The number of carbonyl (C=O) groups excluding carboxylic acids is 5. The number of aromatic hydroxyl groups is 2. The Bertz CT molecular complexity index is 2040. The van der Waals surface area contributed by atoms with E-state index in [-0.39, 0.29) is 67.5 Å². The van der Waals surface area contributed by atoms with Crippen molar-refractivity contribution in [1.29, 1.82) is 0 Å². The van der Waals surface area contributed by atoms with Crippen molar-refractivity contribution in [1.82, 2.24) is 15.5 Å². The third-order valence-electron chi connectivity index (χ3n) is 9.00. The predicted octanol–water partition coefficient (Wildman–Crippen LogP) is 4.87. The molecule has 5 N–H and O–H groups in total. The molecule has 0 spiro atoms. The van der Waals surface area contributed by atoms with E-state index in [9.17, 15) is 34.2 Å². The number of benzene rings is 4. The molecule has 12 heteroatoms. The normalized spacial score (nSPS) is 15.9. The number of imide groups is 2. The number of rotatable bonds is 13. The quantitative estimate of drug-likeness (QED) is 0.0740. The molecule has 0 radical (unpaired) electrons. The maximum absolute atomic E-state index is 13.3. The lowest BCUT2D eigenvalue weighted by Crippen LogP contribution is -2.54. The van der Waals surface area contributed by atoms with Gasteiger partial charge in [0.2, 0.25) is 17.7 Å². The highest BCUT2D eigenvalue weighted by Gasteiger charge is 2.45. The predicted molar refractivity (Wildman–Crippen MR) is 194 cm³/mol. The second kappa shape index (κ2) is 15.6. The Hall–Kier alpha value is -6.43. The summed E-state index contributed by atoms with van der Waals surface area (Å²) in [7, 11) is 0. The number of phenols is 2. The fourth-order valence-corrected chi connectivity index (χ4v) is 6.47. The van der Waals surface area contributed by atoms with Crippen LogP contribution in [0.5, 0.6) is 17.2 Å². The van der Waals surface area contributed by atoms with Crippen LogP contribution >= 0.6 is 0 Å². The van der Waals surface area contributed by atoms with Gasteiger partial charge in [-0.05, 0) is 89.2 Å². The standard InChI is InChI=1S/C40H38N4O8/c1-2-30(24-6-12-27(45)13-7-24)36(25-8-14-28(46)15-9-25)26-10-16-29(17-11-26)52-23-22-42-34(47)20-21-41-32-5-3-4-31-37(32)40(51)44(39(31)50)33-18-19-35(48)43-38(33)49/h3-17,33,41,45-46H,2,18-23H2,1H3,(H,42,47)(H,43,48,49). The molecule has 1 fully saturated rings. The fraction of sp³-hybridized carbons (Fsp3) is 0.225. The van der Waals surface area contributed by atoms with Crippen molar-refractivity contribution in [2.75, 3.05) is 25.0 Å². The Morgan fingerprint density at radius 3 is 2.10 bits per heavy atom. The zero-order valence-corrected chi connectivity index (χ0v) is 28.5. The number of fused-ring (bicyclic) bond motifs is 1. The molecule has 12 nitrogen and oxygen atoms in total. The van der Waals surface area contributed by atoms with Gasteiger partial charge < -0.3 is 25.6 Å². The smallest absolute Gasteiger partial charge is 0.264 e. The molecule has 52 heavy (non-hydrogen) atoms. The van der Waals surface area contributed by atoms with Gasteiger partial charge in [0.15, 0.2) is 0 Å². The molecule has 0 bridgehead atoms. The lowest BCUT2D eigenvalue weighted by Gasteiger charge is -2.27. The third kappa shape index (κ3) is 7.65. The number of phenolic OH excluding ortho intramolecular Hbond substituents is 2. The number of hydrogen-bond donors (Lipinski definition) is 5. The van der Waals surface area contributed by atoms with E-state index < -0.39 is 29.7 Å². The second-order valence-corrected chi connectivity index (χ2v) is 12.4. The van der Waals surface area contributed by atoms with Gasteiger partial charge >= 0.3 is 0 Å². The number of amides is 5. The summed E-state index contributed by atoms with van der Waals surface area (Å²) in [6, 6.07) is 25.5. The molecular formula is C40H38N4O8. The highest BCUT2D eigenvalue weighted by atomic mass is 16.5. The van der Waals surface area contributed by atoms with E-state index in [0.717, 1.165) is 39.2 Å². The van der Waals surface area contributed by atoms with Crippen molar-refractivity contribution in [2.45, 2.75) is 38.6 Å². The van der Waals surface area contributed by atoms with E-state index in [4.69, 9.17) is 4.74 Å². The van der Waals surface area contributed by atoms with Gasteiger partial charge in [-0.2, -0.15) is 0 Å². The lowest BCUT2D eigenvalue weighted by molar-refractivity contribution is -0.136. The van der Waals surface area contributed by atoms with Crippen LogP contribution in [-0.4, -0.2) is 70.4 Å². The third-order valence-corrected chi connectivity index (χ3v) is 9.00. The molecule has 0 aromatic heterocycles. The van der Waals surface area contributed by atoms with Crippen LogP contribution in [0.15, 0.2) is 91.0 Å². The van der Waals surface area contributed by atoms with Crippen LogP contribution in [0.25, 0.3) is 11.1 Å². The first-order valence-corrected chi connectivity index (χ1v) is 17.0. The summed E-state index contributed by atoms with van der Waals surface area (Å²) in [5.74, 6) is -1.60. The summed E-state index contributed by atoms with van der Waals surface area (Å²) in [6.45, 7) is 2.74. The summed E-state index contributed by atoms with van der Waals surface area (Å²) < 4.78 is 5.89. The number of hydrogen-bond acceptors (Lipinski definition) is 9. The van der Waals surface area contributed by atoms with Gasteiger partial charge in [0.1, 0.15) is 29.9 Å². The zero-order chi connectivity index (χ0) is 36.8. The summed E-state index contributed by atoms with van der Waals surface area (Å²) in [5, 5.41) is 27.8. The van der Waals surface area contributed by atoms with Gasteiger partial charge in [0, 0.05) is 25.1 Å². The minimum Gasteiger partial charge on any atom is -0.508 e. The monoisotopic (exact) mass is 702 g/mol. The molecule has 1 saturated heterocycles. The zero-order valence-electron chi connectivity index (χ0n) is 28.5. The maximum atomic E-state index is 13.3. The molecule has 2 heterocycles. The van der Waals surface area contributed by atoms with Crippen molar-refractivity contribution >= 4 is 46.4 Å². The molecule has 2 aliphatic rings. The molecule has 6 rings (SSSR count). The topological polar surface area (TPSA) is 174 Å². The van der Waals surface area contributed by atoms with Crippen molar-refractivity contribution < 1.29 is 38.9 Å². The van der Waals surface area contributed by atoms with Gasteiger partial charge in [-0.1, -0.05) is 49.4 Å². The number of piperidine rings is 1. The fourth-order valence-electron chi connectivity index (χ4n) is 6.47. The lowest BCUT2D eigenvalue weighted by atomic mass is 9.88. The summed E-state index contributed by atoms with van der Waals surface area (Å²) >= 11 is 0. The molecule has 4 aromatic rings. The Morgan fingerprint density at radius 2 is 1.46 bits per heavy atom. The Kier molecular flexibility index (Phi) is 10.6. The van der Waals surface area contributed by atoms with Crippen molar-refractivity contribution in [3.8, 4) is 17.2 Å². The van der Waals surface area contributed by atoms with E-state index >= 15 is 0 Å². The molecular weight excluding hydrogens is 664 g/mol. The van der Waals surface area contributed by atoms with Crippen molar-refractivity contribution in [3.63, 3.8) is 0 Å². The minimum atomic E-state index is -1.06. The molecule has 1 atom stereocenters. The summed E-state index contributed by atoms with van der Waals surface area (Å²) in [6.07, 6.45) is 0.910. The van der Waals surface area contributed by atoms with Gasteiger partial charge in [0.25, 0.3) is 11.8 Å². The first kappa shape index (κ1) is 35.4. The van der Waals surface area contributed by atoms with Gasteiger partial charge in [-0.3, -0.25) is 34.2 Å². The number of nitrogens with zero attached hydrogens (tertiary/aromatic N) is 1.